The number of hydrogen-bond acceptors (Lipinski definition) is 2. The number of alkyl halides is 4. The number of aromatic nitrogens is 3. The lowest BCUT2D eigenvalue weighted by Gasteiger charge is -2.07. The number of hydrogen-bond donors (Lipinski definition) is 0. The first-order valence-corrected chi connectivity index (χ1v) is 5.10. The summed E-state index contributed by atoms with van der Waals surface area (Å²) < 4.78 is 50.9. The second kappa shape index (κ2) is 4.75. The van der Waals surface area contributed by atoms with Crippen molar-refractivity contribution in [2.75, 3.05) is 0 Å². The summed E-state index contributed by atoms with van der Waals surface area (Å²) in [6.45, 7) is -1.23. The first kappa shape index (κ1) is 12.5. The van der Waals surface area contributed by atoms with E-state index in [1.54, 1.807) is 0 Å². The van der Waals surface area contributed by atoms with Crippen LogP contribution in [-0.2, 0) is 6.54 Å². The first-order valence-electron chi connectivity index (χ1n) is 5.10. The zero-order valence-electron chi connectivity index (χ0n) is 9.10. The quantitative estimate of drug-likeness (QED) is 0.793. The van der Waals surface area contributed by atoms with Gasteiger partial charge in [0.25, 0.3) is 0 Å². The van der Waals surface area contributed by atoms with Gasteiger partial charge in [-0.1, -0.05) is 0 Å². The summed E-state index contributed by atoms with van der Waals surface area (Å²) in [5, 5.41) is 3.57. The van der Waals surface area contributed by atoms with Crippen LogP contribution in [0.4, 0.5) is 17.6 Å². The molecule has 2 heterocycles. The molecule has 1 atom stereocenters. The molecule has 96 valence electrons. The van der Waals surface area contributed by atoms with Crippen molar-refractivity contribution >= 4 is 0 Å². The molecule has 0 aliphatic carbocycles. The molecule has 2 aromatic rings. The number of halogens is 4. The summed E-state index contributed by atoms with van der Waals surface area (Å²) in [4.78, 5) is 3.73. The molecular formula is C11H9F4N3. The van der Waals surface area contributed by atoms with Gasteiger partial charge < -0.3 is 0 Å². The fraction of sp³-hybridized carbons (Fsp3) is 0.273. The van der Waals surface area contributed by atoms with Crippen molar-refractivity contribution in [1.82, 2.24) is 14.8 Å². The van der Waals surface area contributed by atoms with Gasteiger partial charge in [0.15, 0.2) is 6.17 Å². The van der Waals surface area contributed by atoms with Crippen LogP contribution < -0.4 is 0 Å². The molecule has 7 heteroatoms. The second-order valence-corrected chi connectivity index (χ2v) is 3.70. The molecule has 18 heavy (non-hydrogen) atoms. The van der Waals surface area contributed by atoms with Crippen molar-refractivity contribution in [1.29, 1.82) is 0 Å². The van der Waals surface area contributed by atoms with Gasteiger partial charge in [0.2, 0.25) is 0 Å². The van der Waals surface area contributed by atoms with Crippen LogP contribution in [-0.4, -0.2) is 20.9 Å². The molecule has 0 aromatic carbocycles. The monoisotopic (exact) mass is 259 g/mol. The van der Waals surface area contributed by atoms with Crippen molar-refractivity contribution < 1.29 is 17.6 Å². The van der Waals surface area contributed by atoms with Gasteiger partial charge in [0, 0.05) is 18.6 Å². The zero-order chi connectivity index (χ0) is 13.2. The Morgan fingerprint density at radius 2 is 1.83 bits per heavy atom. The molecule has 0 fully saturated rings. The molecule has 2 aromatic heterocycles. The smallest absolute Gasteiger partial charge is 0.265 e. The lowest BCUT2D eigenvalue weighted by Crippen LogP contribution is -2.18. The fourth-order valence-electron chi connectivity index (χ4n) is 1.49. The Bertz CT molecular complexity index is 507. The van der Waals surface area contributed by atoms with E-state index in [-0.39, 0.29) is 5.69 Å². The molecule has 0 spiro atoms. The van der Waals surface area contributed by atoms with E-state index in [1.165, 1.54) is 30.6 Å². The van der Waals surface area contributed by atoms with E-state index in [2.05, 4.69) is 10.1 Å². The average Bonchev–Trinajstić information content (AvgIpc) is 2.75. The van der Waals surface area contributed by atoms with Crippen LogP contribution in [0.1, 0.15) is 17.4 Å². The molecule has 0 bridgehead atoms. The highest BCUT2D eigenvalue weighted by molar-refractivity contribution is 5.22. The lowest BCUT2D eigenvalue weighted by molar-refractivity contribution is -0.142. The average molecular weight is 259 g/mol. The predicted molar refractivity (Wildman–Crippen MR) is 55.5 cm³/mol. The predicted octanol–water partition coefficient (Wildman–Crippen LogP) is 2.90. The van der Waals surface area contributed by atoms with E-state index in [0.29, 0.717) is 10.2 Å². The van der Waals surface area contributed by atoms with Crippen LogP contribution in [0.2, 0.25) is 0 Å². The van der Waals surface area contributed by atoms with E-state index >= 15 is 0 Å². The Kier molecular flexibility index (Phi) is 3.31. The van der Waals surface area contributed by atoms with Gasteiger partial charge in [-0.2, -0.15) is 18.3 Å². The largest absolute Gasteiger partial charge is 0.408 e. The minimum Gasteiger partial charge on any atom is -0.265 e. The zero-order valence-corrected chi connectivity index (χ0v) is 9.10. The number of rotatable bonds is 3. The molecule has 0 saturated carbocycles. The van der Waals surface area contributed by atoms with Crippen molar-refractivity contribution in [3.05, 3.63) is 48.0 Å². The van der Waals surface area contributed by atoms with Crippen LogP contribution in [0.15, 0.2) is 36.8 Å². The summed E-state index contributed by atoms with van der Waals surface area (Å²) in [6.07, 6.45) is -1.99. The van der Waals surface area contributed by atoms with Crippen molar-refractivity contribution in [3.8, 4) is 0 Å². The molecule has 3 nitrogen and oxygen atoms in total. The molecule has 0 saturated heterocycles. The Labute approximate surface area is 100 Å². The molecule has 0 N–H and O–H groups in total. The SMILES string of the molecule is FC(c1ccncc1)c1ccn(CC(F)(F)F)n1. The summed E-state index contributed by atoms with van der Waals surface area (Å²) in [6, 6.07) is 4.14. The van der Waals surface area contributed by atoms with Crippen molar-refractivity contribution in [3.63, 3.8) is 0 Å². The molecule has 1 unspecified atom stereocenters. The molecule has 0 aliphatic heterocycles. The number of nitrogens with zero attached hydrogens (tertiary/aromatic N) is 3. The molecular weight excluding hydrogens is 250 g/mol. The Morgan fingerprint density at radius 3 is 2.44 bits per heavy atom. The van der Waals surface area contributed by atoms with Gasteiger partial charge >= 0.3 is 6.18 Å². The maximum absolute atomic E-state index is 13.9. The fourth-order valence-corrected chi connectivity index (χ4v) is 1.49. The lowest BCUT2D eigenvalue weighted by atomic mass is 10.1. The topological polar surface area (TPSA) is 30.7 Å². The summed E-state index contributed by atoms with van der Waals surface area (Å²) in [7, 11) is 0. The third-order valence-corrected chi connectivity index (χ3v) is 2.26. The van der Waals surface area contributed by atoms with Crippen LogP contribution in [0, 0.1) is 0 Å². The normalized spacial score (nSPS) is 13.6. The van der Waals surface area contributed by atoms with Gasteiger partial charge in [-0.25, -0.2) is 4.39 Å². The first-order chi connectivity index (χ1) is 8.46. The van der Waals surface area contributed by atoms with Crippen LogP contribution in [0.25, 0.3) is 0 Å². The maximum Gasteiger partial charge on any atom is 0.408 e. The van der Waals surface area contributed by atoms with Crippen LogP contribution >= 0.6 is 0 Å². The third-order valence-electron chi connectivity index (χ3n) is 2.26. The van der Waals surface area contributed by atoms with Gasteiger partial charge in [0.1, 0.15) is 12.2 Å². The standard InChI is InChI=1S/C11H9F4N3/c12-10(8-1-4-16-5-2-8)9-3-6-18(17-9)7-11(13,14)15/h1-6,10H,7H2. The minimum atomic E-state index is -4.37. The van der Waals surface area contributed by atoms with Crippen LogP contribution in [0.3, 0.4) is 0 Å². The molecule has 0 radical (unpaired) electrons. The van der Waals surface area contributed by atoms with E-state index in [0.717, 1.165) is 6.20 Å². The number of pyridine rings is 1. The minimum absolute atomic E-state index is 0.0505. The van der Waals surface area contributed by atoms with Crippen molar-refractivity contribution in [2.24, 2.45) is 0 Å². The second-order valence-electron chi connectivity index (χ2n) is 3.70. The van der Waals surface area contributed by atoms with Gasteiger partial charge in [-0.15, -0.1) is 0 Å². The van der Waals surface area contributed by atoms with E-state index < -0.39 is 18.9 Å². The van der Waals surface area contributed by atoms with E-state index in [4.69, 9.17) is 0 Å². The molecule has 0 amide bonds. The Morgan fingerprint density at radius 1 is 1.17 bits per heavy atom. The van der Waals surface area contributed by atoms with Crippen LogP contribution in [0.5, 0.6) is 0 Å². The summed E-state index contributed by atoms with van der Waals surface area (Å²) >= 11 is 0. The Balaban J connectivity index is 2.15. The van der Waals surface area contributed by atoms with Crippen molar-refractivity contribution in [2.45, 2.75) is 18.9 Å². The molecule has 0 aliphatic rings. The van der Waals surface area contributed by atoms with Gasteiger partial charge in [-0.3, -0.25) is 9.67 Å². The highest BCUT2D eigenvalue weighted by Gasteiger charge is 2.28. The summed E-state index contributed by atoms with van der Waals surface area (Å²) in [5.41, 5.74) is 0.257. The van der Waals surface area contributed by atoms with Gasteiger partial charge in [0.05, 0.1) is 0 Å². The highest BCUT2D eigenvalue weighted by Crippen LogP contribution is 2.24. The third kappa shape index (κ3) is 3.06. The van der Waals surface area contributed by atoms with E-state index in [9.17, 15) is 17.6 Å². The summed E-state index contributed by atoms with van der Waals surface area (Å²) in [5.74, 6) is 0. The maximum atomic E-state index is 13.9. The highest BCUT2D eigenvalue weighted by atomic mass is 19.4. The van der Waals surface area contributed by atoms with Gasteiger partial charge in [-0.05, 0) is 23.8 Å². The Hall–Kier alpha value is -1.92. The molecule has 2 rings (SSSR count). The van der Waals surface area contributed by atoms with E-state index in [1.807, 2.05) is 0 Å².